The van der Waals surface area contributed by atoms with Crippen molar-refractivity contribution < 1.29 is 5.11 Å². The first-order valence-electron chi connectivity index (χ1n) is 8.37. The summed E-state index contributed by atoms with van der Waals surface area (Å²) in [6, 6.07) is 10.7. The van der Waals surface area contributed by atoms with E-state index >= 15 is 0 Å². The normalized spacial score (nSPS) is 18.2. The van der Waals surface area contributed by atoms with E-state index in [-0.39, 0.29) is 6.61 Å². The first-order chi connectivity index (χ1) is 11.3. The minimum absolute atomic E-state index is 0.270. The first-order valence-corrected chi connectivity index (χ1v) is 9.19. The standard InChI is InChI=1S/C18H25N3OS/c1-2-16(14-22)21-10-8-20(9-11-21)13-17-12-19-18(23-17)15-6-4-3-5-7-15/h3-7,12,16,22H,2,8-11,13-14H2,1H3. The maximum Gasteiger partial charge on any atom is 0.123 e. The van der Waals surface area contributed by atoms with Crippen LogP contribution in [0.15, 0.2) is 36.5 Å². The summed E-state index contributed by atoms with van der Waals surface area (Å²) >= 11 is 1.79. The monoisotopic (exact) mass is 331 g/mol. The zero-order chi connectivity index (χ0) is 16.1. The molecular formula is C18H25N3OS. The SMILES string of the molecule is CCC(CO)N1CCN(Cc2cnc(-c3ccccc3)s2)CC1. The molecule has 1 fully saturated rings. The van der Waals surface area contributed by atoms with Crippen LogP contribution in [0.1, 0.15) is 18.2 Å². The van der Waals surface area contributed by atoms with Crippen LogP contribution < -0.4 is 0 Å². The van der Waals surface area contributed by atoms with Gasteiger partial charge in [-0.25, -0.2) is 4.98 Å². The molecule has 0 bridgehead atoms. The van der Waals surface area contributed by atoms with Crippen LogP contribution in [-0.2, 0) is 6.54 Å². The molecule has 1 atom stereocenters. The number of thiazole rings is 1. The average Bonchev–Trinajstić information content (AvgIpc) is 3.07. The second-order valence-corrected chi connectivity index (χ2v) is 7.17. The number of aliphatic hydroxyl groups is 1. The number of nitrogens with zero attached hydrogens (tertiary/aromatic N) is 3. The largest absolute Gasteiger partial charge is 0.395 e. The molecular weight excluding hydrogens is 306 g/mol. The summed E-state index contributed by atoms with van der Waals surface area (Å²) in [5, 5.41) is 10.5. The molecule has 0 radical (unpaired) electrons. The molecule has 1 N–H and O–H groups in total. The number of piperazine rings is 1. The van der Waals surface area contributed by atoms with Gasteiger partial charge >= 0.3 is 0 Å². The Morgan fingerprint density at radius 1 is 1.17 bits per heavy atom. The third-order valence-corrected chi connectivity index (χ3v) is 5.59. The van der Waals surface area contributed by atoms with Crippen molar-refractivity contribution in [1.82, 2.24) is 14.8 Å². The lowest BCUT2D eigenvalue weighted by Gasteiger charge is -2.38. The molecule has 0 saturated carbocycles. The number of rotatable bonds is 6. The van der Waals surface area contributed by atoms with Crippen molar-refractivity contribution in [2.24, 2.45) is 0 Å². The van der Waals surface area contributed by atoms with Gasteiger partial charge in [0.2, 0.25) is 0 Å². The fourth-order valence-corrected chi connectivity index (χ4v) is 4.06. The third-order valence-electron chi connectivity index (χ3n) is 4.56. The van der Waals surface area contributed by atoms with Gasteiger partial charge in [-0.2, -0.15) is 0 Å². The summed E-state index contributed by atoms with van der Waals surface area (Å²) in [6.45, 7) is 7.62. The topological polar surface area (TPSA) is 39.6 Å². The molecule has 2 aromatic rings. The van der Waals surface area contributed by atoms with Gasteiger partial charge in [-0.05, 0) is 6.42 Å². The molecule has 23 heavy (non-hydrogen) atoms. The van der Waals surface area contributed by atoms with E-state index < -0.39 is 0 Å². The molecule has 0 spiro atoms. The zero-order valence-corrected chi connectivity index (χ0v) is 14.5. The summed E-state index contributed by atoms with van der Waals surface area (Å²) in [6.07, 6.45) is 3.04. The van der Waals surface area contributed by atoms with Crippen LogP contribution in [0.5, 0.6) is 0 Å². The van der Waals surface area contributed by atoms with E-state index in [0.29, 0.717) is 6.04 Å². The molecule has 1 saturated heterocycles. The van der Waals surface area contributed by atoms with E-state index in [1.54, 1.807) is 11.3 Å². The van der Waals surface area contributed by atoms with Gasteiger partial charge in [0.05, 0.1) is 6.61 Å². The smallest absolute Gasteiger partial charge is 0.123 e. The van der Waals surface area contributed by atoms with Crippen molar-refractivity contribution >= 4 is 11.3 Å². The molecule has 4 nitrogen and oxygen atoms in total. The van der Waals surface area contributed by atoms with E-state index in [1.165, 1.54) is 10.4 Å². The van der Waals surface area contributed by atoms with E-state index in [9.17, 15) is 5.11 Å². The molecule has 1 unspecified atom stereocenters. The van der Waals surface area contributed by atoms with Gasteiger partial charge in [0.15, 0.2) is 0 Å². The highest BCUT2D eigenvalue weighted by atomic mass is 32.1. The fraction of sp³-hybridized carbons (Fsp3) is 0.500. The van der Waals surface area contributed by atoms with E-state index in [2.05, 4.69) is 46.0 Å². The van der Waals surface area contributed by atoms with Crippen molar-refractivity contribution in [3.63, 3.8) is 0 Å². The maximum absolute atomic E-state index is 9.43. The lowest BCUT2D eigenvalue weighted by atomic mass is 10.1. The van der Waals surface area contributed by atoms with E-state index in [1.807, 2.05) is 12.3 Å². The molecule has 0 aliphatic carbocycles. The van der Waals surface area contributed by atoms with Crippen molar-refractivity contribution in [2.45, 2.75) is 25.9 Å². The van der Waals surface area contributed by atoms with Crippen LogP contribution in [0.25, 0.3) is 10.6 Å². The maximum atomic E-state index is 9.43. The highest BCUT2D eigenvalue weighted by Gasteiger charge is 2.22. The quantitative estimate of drug-likeness (QED) is 0.883. The van der Waals surface area contributed by atoms with Crippen LogP contribution in [-0.4, -0.2) is 58.7 Å². The highest BCUT2D eigenvalue weighted by molar-refractivity contribution is 7.15. The number of hydrogen-bond acceptors (Lipinski definition) is 5. The number of benzene rings is 1. The second kappa shape index (κ2) is 8.02. The Balaban J connectivity index is 1.54. The zero-order valence-electron chi connectivity index (χ0n) is 13.7. The summed E-state index contributed by atoms with van der Waals surface area (Å²) in [7, 11) is 0. The van der Waals surface area contributed by atoms with Crippen molar-refractivity contribution in [2.75, 3.05) is 32.8 Å². The van der Waals surface area contributed by atoms with Gasteiger partial charge < -0.3 is 5.11 Å². The average molecular weight is 331 g/mol. The van der Waals surface area contributed by atoms with Gasteiger partial charge in [-0.15, -0.1) is 11.3 Å². The molecule has 0 amide bonds. The Bertz CT molecular complexity index is 589. The van der Waals surface area contributed by atoms with Crippen molar-refractivity contribution in [1.29, 1.82) is 0 Å². The van der Waals surface area contributed by atoms with Gasteiger partial charge in [-0.3, -0.25) is 9.80 Å². The third kappa shape index (κ3) is 4.18. The minimum Gasteiger partial charge on any atom is -0.395 e. The minimum atomic E-state index is 0.270. The van der Waals surface area contributed by atoms with Crippen LogP contribution in [0, 0.1) is 0 Å². The molecule has 1 aliphatic rings. The van der Waals surface area contributed by atoms with Crippen molar-refractivity contribution in [3.05, 3.63) is 41.4 Å². The Labute approximate surface area is 142 Å². The second-order valence-electron chi connectivity index (χ2n) is 6.05. The summed E-state index contributed by atoms with van der Waals surface area (Å²) in [4.78, 5) is 10.8. The molecule has 1 aromatic carbocycles. The van der Waals surface area contributed by atoms with Crippen LogP contribution >= 0.6 is 11.3 Å². The van der Waals surface area contributed by atoms with Crippen molar-refractivity contribution in [3.8, 4) is 10.6 Å². The predicted molar refractivity (Wildman–Crippen MR) is 95.6 cm³/mol. The van der Waals surface area contributed by atoms with Gasteiger partial charge in [0, 0.05) is 55.4 Å². The Kier molecular flexibility index (Phi) is 5.78. The molecule has 124 valence electrons. The molecule has 2 heterocycles. The van der Waals surface area contributed by atoms with Crippen LogP contribution in [0.4, 0.5) is 0 Å². The first kappa shape index (κ1) is 16.6. The number of hydrogen-bond donors (Lipinski definition) is 1. The summed E-state index contributed by atoms with van der Waals surface area (Å²) in [5.41, 5.74) is 1.20. The summed E-state index contributed by atoms with van der Waals surface area (Å²) in [5.74, 6) is 0. The van der Waals surface area contributed by atoms with E-state index in [0.717, 1.165) is 44.2 Å². The molecule has 3 rings (SSSR count). The Hall–Kier alpha value is -1.27. The van der Waals surface area contributed by atoms with Crippen LogP contribution in [0.3, 0.4) is 0 Å². The Morgan fingerprint density at radius 2 is 1.91 bits per heavy atom. The molecule has 1 aromatic heterocycles. The Morgan fingerprint density at radius 3 is 2.57 bits per heavy atom. The fourth-order valence-electron chi connectivity index (χ4n) is 3.10. The summed E-state index contributed by atoms with van der Waals surface area (Å²) < 4.78 is 0. The van der Waals surface area contributed by atoms with Crippen LogP contribution in [0.2, 0.25) is 0 Å². The highest BCUT2D eigenvalue weighted by Crippen LogP contribution is 2.26. The van der Waals surface area contributed by atoms with Gasteiger partial charge in [0.1, 0.15) is 5.01 Å². The van der Waals surface area contributed by atoms with E-state index in [4.69, 9.17) is 0 Å². The predicted octanol–water partition coefficient (Wildman–Crippen LogP) is 2.70. The lowest BCUT2D eigenvalue weighted by molar-refractivity contribution is 0.0612. The molecule has 5 heteroatoms. The van der Waals surface area contributed by atoms with Gasteiger partial charge in [0.25, 0.3) is 0 Å². The number of aromatic nitrogens is 1. The van der Waals surface area contributed by atoms with Gasteiger partial charge in [-0.1, -0.05) is 37.3 Å². The molecule has 1 aliphatic heterocycles. The lowest BCUT2D eigenvalue weighted by Crippen LogP contribution is -2.50. The number of aliphatic hydroxyl groups excluding tert-OH is 1.